The van der Waals surface area contributed by atoms with E-state index in [9.17, 15) is 0 Å². The third-order valence-electron chi connectivity index (χ3n) is 1.35. The van der Waals surface area contributed by atoms with Crippen LogP contribution in [-0.4, -0.2) is 30.3 Å². The van der Waals surface area contributed by atoms with E-state index in [0.29, 0.717) is 13.1 Å². The number of rotatable bonds is 1. The van der Waals surface area contributed by atoms with E-state index in [-0.39, 0.29) is 6.04 Å². The maximum absolute atomic E-state index is 8.99. The average molecular weight is 128 g/mol. The van der Waals surface area contributed by atoms with Gasteiger partial charge in [-0.2, -0.15) is 0 Å². The van der Waals surface area contributed by atoms with Crippen LogP contribution in [0, 0.1) is 0 Å². The Balaban J connectivity index is 2.49. The van der Waals surface area contributed by atoms with Crippen molar-refractivity contribution in [3.63, 3.8) is 0 Å². The molecule has 1 rings (SSSR count). The zero-order valence-electron chi connectivity index (χ0n) is 4.86. The van der Waals surface area contributed by atoms with E-state index >= 15 is 0 Å². The van der Waals surface area contributed by atoms with Crippen molar-refractivity contribution in [2.75, 3.05) is 13.1 Å². The first-order chi connectivity index (χ1) is 4.34. The van der Waals surface area contributed by atoms with Crippen LogP contribution in [0.4, 0.5) is 0 Å². The minimum Gasteiger partial charge on any atom is -0.391 e. The van der Waals surface area contributed by atoms with E-state index in [0.717, 1.165) is 0 Å². The van der Waals surface area contributed by atoms with Crippen LogP contribution in [0.5, 0.6) is 0 Å². The summed E-state index contributed by atoms with van der Waals surface area (Å²) in [6, 6.07) is -0.269. The zero-order valence-corrected chi connectivity index (χ0v) is 4.86. The number of nitrogens with one attached hydrogen (secondary N) is 1. The van der Waals surface area contributed by atoms with E-state index < -0.39 is 6.10 Å². The Bertz CT molecular complexity index is 142. The molecule has 0 amide bonds. The SMILES string of the molecule is [N-]=[N+]=N[C@@H]1CNC[C@H]1O. The van der Waals surface area contributed by atoms with Crippen molar-refractivity contribution in [2.45, 2.75) is 12.1 Å². The highest BCUT2D eigenvalue weighted by atomic mass is 16.3. The van der Waals surface area contributed by atoms with Gasteiger partial charge in [0.2, 0.25) is 0 Å². The molecule has 0 radical (unpaired) electrons. The summed E-state index contributed by atoms with van der Waals surface area (Å²) < 4.78 is 0. The molecular formula is C4H8N4O. The van der Waals surface area contributed by atoms with E-state index in [1.54, 1.807) is 0 Å². The first-order valence-electron chi connectivity index (χ1n) is 2.77. The highest BCUT2D eigenvalue weighted by Crippen LogP contribution is 2.03. The summed E-state index contributed by atoms with van der Waals surface area (Å²) in [5.74, 6) is 0. The third kappa shape index (κ3) is 1.32. The first-order valence-corrected chi connectivity index (χ1v) is 2.77. The lowest BCUT2D eigenvalue weighted by atomic mass is 10.2. The maximum atomic E-state index is 8.99. The van der Waals surface area contributed by atoms with Gasteiger partial charge in [-0.05, 0) is 5.53 Å². The second kappa shape index (κ2) is 2.68. The van der Waals surface area contributed by atoms with E-state index in [1.807, 2.05) is 0 Å². The smallest absolute Gasteiger partial charge is 0.0770 e. The Morgan fingerprint density at radius 2 is 2.44 bits per heavy atom. The molecule has 0 bridgehead atoms. The van der Waals surface area contributed by atoms with Gasteiger partial charge >= 0.3 is 0 Å². The zero-order chi connectivity index (χ0) is 6.69. The lowest BCUT2D eigenvalue weighted by Gasteiger charge is -2.02. The number of aliphatic hydroxyl groups excluding tert-OH is 1. The molecule has 50 valence electrons. The standard InChI is InChI=1S/C4H8N4O/c5-8-7-3-1-6-2-4(3)9/h3-4,6,9H,1-2H2/t3-,4-/m1/s1. The van der Waals surface area contributed by atoms with Gasteiger partial charge in [0, 0.05) is 18.0 Å². The molecule has 0 aromatic rings. The Morgan fingerprint density at radius 1 is 1.67 bits per heavy atom. The molecule has 5 nitrogen and oxygen atoms in total. The molecule has 2 atom stereocenters. The molecule has 0 saturated carbocycles. The normalized spacial score (nSPS) is 33.9. The van der Waals surface area contributed by atoms with Crippen molar-refractivity contribution in [1.82, 2.24) is 5.32 Å². The van der Waals surface area contributed by atoms with Crippen LogP contribution in [-0.2, 0) is 0 Å². The molecule has 2 N–H and O–H groups in total. The van der Waals surface area contributed by atoms with Crippen LogP contribution in [0.3, 0.4) is 0 Å². The van der Waals surface area contributed by atoms with Crippen LogP contribution in [0.2, 0.25) is 0 Å². The lowest BCUT2D eigenvalue weighted by molar-refractivity contribution is 0.179. The molecule has 1 aliphatic rings. The van der Waals surface area contributed by atoms with E-state index in [1.165, 1.54) is 0 Å². The third-order valence-corrected chi connectivity index (χ3v) is 1.35. The highest BCUT2D eigenvalue weighted by Gasteiger charge is 2.22. The largest absolute Gasteiger partial charge is 0.391 e. The maximum Gasteiger partial charge on any atom is 0.0770 e. The fourth-order valence-electron chi connectivity index (χ4n) is 0.835. The van der Waals surface area contributed by atoms with Crippen LogP contribution < -0.4 is 5.32 Å². The predicted octanol–water partition coefficient (Wildman–Crippen LogP) is -0.371. The second-order valence-electron chi connectivity index (χ2n) is 2.00. The van der Waals surface area contributed by atoms with Crippen molar-refractivity contribution in [3.05, 3.63) is 10.4 Å². The molecule has 0 aromatic heterocycles. The summed E-state index contributed by atoms with van der Waals surface area (Å²) in [7, 11) is 0. The van der Waals surface area contributed by atoms with Crippen LogP contribution in [0.1, 0.15) is 0 Å². The van der Waals surface area contributed by atoms with Crippen molar-refractivity contribution < 1.29 is 5.11 Å². The van der Waals surface area contributed by atoms with Gasteiger partial charge in [-0.1, -0.05) is 5.11 Å². The van der Waals surface area contributed by atoms with Crippen molar-refractivity contribution in [2.24, 2.45) is 5.11 Å². The number of β-amino-alcohol motifs (C(OH)–C–C–N with tert-alkyl or cyclic N) is 1. The number of nitrogens with zero attached hydrogens (tertiary/aromatic N) is 3. The van der Waals surface area contributed by atoms with Crippen LogP contribution in [0.25, 0.3) is 10.4 Å². The molecule has 1 aliphatic heterocycles. The average Bonchev–Trinajstić information content (AvgIpc) is 2.18. The van der Waals surface area contributed by atoms with Crippen molar-refractivity contribution >= 4 is 0 Å². The summed E-state index contributed by atoms with van der Waals surface area (Å²) in [6.45, 7) is 1.12. The summed E-state index contributed by atoms with van der Waals surface area (Å²) in [5.41, 5.74) is 7.96. The molecule has 1 fully saturated rings. The molecule has 0 spiro atoms. The summed E-state index contributed by atoms with van der Waals surface area (Å²) in [4.78, 5) is 2.59. The quantitative estimate of drug-likeness (QED) is 0.287. The molecule has 1 saturated heterocycles. The Hall–Kier alpha value is -0.770. The van der Waals surface area contributed by atoms with E-state index in [4.69, 9.17) is 10.6 Å². The molecular weight excluding hydrogens is 120 g/mol. The minimum atomic E-state index is -0.499. The van der Waals surface area contributed by atoms with Crippen molar-refractivity contribution in [1.29, 1.82) is 0 Å². The molecule has 0 aliphatic carbocycles. The Labute approximate surface area is 52.3 Å². The van der Waals surface area contributed by atoms with Gasteiger partial charge < -0.3 is 10.4 Å². The van der Waals surface area contributed by atoms with Gasteiger partial charge in [-0.3, -0.25) is 0 Å². The predicted molar refractivity (Wildman–Crippen MR) is 31.8 cm³/mol. The van der Waals surface area contributed by atoms with Gasteiger partial charge in [0.15, 0.2) is 0 Å². The molecule has 1 heterocycles. The molecule has 0 aromatic carbocycles. The lowest BCUT2D eigenvalue weighted by Crippen LogP contribution is -2.20. The van der Waals surface area contributed by atoms with Gasteiger partial charge in [-0.25, -0.2) is 0 Å². The molecule has 5 heteroatoms. The number of hydrogen-bond acceptors (Lipinski definition) is 3. The van der Waals surface area contributed by atoms with Crippen LogP contribution >= 0.6 is 0 Å². The summed E-state index contributed by atoms with van der Waals surface area (Å²) in [6.07, 6.45) is -0.499. The number of azide groups is 1. The molecule has 9 heavy (non-hydrogen) atoms. The van der Waals surface area contributed by atoms with E-state index in [2.05, 4.69) is 15.3 Å². The Kier molecular flexibility index (Phi) is 1.89. The highest BCUT2D eigenvalue weighted by molar-refractivity contribution is 4.86. The van der Waals surface area contributed by atoms with Gasteiger partial charge in [0.25, 0.3) is 0 Å². The Morgan fingerprint density at radius 3 is 2.89 bits per heavy atom. The fraction of sp³-hybridized carbons (Fsp3) is 1.00. The number of hydrogen-bond donors (Lipinski definition) is 2. The van der Waals surface area contributed by atoms with Gasteiger partial charge in [0.1, 0.15) is 0 Å². The topological polar surface area (TPSA) is 81.0 Å². The second-order valence-corrected chi connectivity index (χ2v) is 2.00. The summed E-state index contributed by atoms with van der Waals surface area (Å²) >= 11 is 0. The summed E-state index contributed by atoms with van der Waals surface area (Å²) in [5, 5.41) is 15.3. The van der Waals surface area contributed by atoms with Crippen molar-refractivity contribution in [3.8, 4) is 0 Å². The minimum absolute atomic E-state index is 0.269. The fourth-order valence-corrected chi connectivity index (χ4v) is 0.835. The molecule has 0 unspecified atom stereocenters. The number of aliphatic hydroxyl groups is 1. The van der Waals surface area contributed by atoms with Gasteiger partial charge in [-0.15, -0.1) is 0 Å². The first kappa shape index (κ1) is 6.35. The monoisotopic (exact) mass is 128 g/mol. The van der Waals surface area contributed by atoms with Crippen LogP contribution in [0.15, 0.2) is 5.11 Å². The van der Waals surface area contributed by atoms with Gasteiger partial charge in [0.05, 0.1) is 12.1 Å².